The van der Waals surface area contributed by atoms with Crippen LogP contribution in [0.25, 0.3) is 0 Å². The largest absolute Gasteiger partial charge is 0.399 e. The minimum absolute atomic E-state index is 0.465. The van der Waals surface area contributed by atoms with Crippen molar-refractivity contribution in [2.24, 2.45) is 0 Å². The van der Waals surface area contributed by atoms with E-state index in [0.717, 1.165) is 0 Å². The van der Waals surface area contributed by atoms with Crippen molar-refractivity contribution in [1.29, 1.82) is 0 Å². The van der Waals surface area contributed by atoms with Gasteiger partial charge in [-0.05, 0) is 6.07 Å². The number of tetrazole rings is 1. The SMILES string of the molecule is Nc1ccnc(NCc2nn[nH]n2)c1. The third-order valence-electron chi connectivity index (χ3n) is 1.60. The molecule has 0 bridgehead atoms. The van der Waals surface area contributed by atoms with Gasteiger partial charge in [-0.3, -0.25) is 0 Å². The number of hydrogen-bond donors (Lipinski definition) is 3. The van der Waals surface area contributed by atoms with Crippen molar-refractivity contribution in [3.05, 3.63) is 24.2 Å². The molecule has 14 heavy (non-hydrogen) atoms. The summed E-state index contributed by atoms with van der Waals surface area (Å²) in [6.07, 6.45) is 1.63. The lowest BCUT2D eigenvalue weighted by Gasteiger charge is -2.02. The second kappa shape index (κ2) is 3.69. The molecule has 0 aliphatic rings. The summed E-state index contributed by atoms with van der Waals surface area (Å²) in [5, 5.41) is 16.4. The van der Waals surface area contributed by atoms with E-state index in [1.54, 1.807) is 18.3 Å². The molecule has 0 amide bonds. The lowest BCUT2D eigenvalue weighted by Crippen LogP contribution is -2.03. The van der Waals surface area contributed by atoms with E-state index in [-0.39, 0.29) is 0 Å². The van der Waals surface area contributed by atoms with Gasteiger partial charge in [-0.1, -0.05) is 5.21 Å². The summed E-state index contributed by atoms with van der Waals surface area (Å²) < 4.78 is 0. The van der Waals surface area contributed by atoms with Gasteiger partial charge < -0.3 is 11.1 Å². The van der Waals surface area contributed by atoms with E-state index < -0.39 is 0 Å². The fourth-order valence-electron chi connectivity index (χ4n) is 0.971. The molecule has 7 nitrogen and oxygen atoms in total. The van der Waals surface area contributed by atoms with Crippen LogP contribution in [0.3, 0.4) is 0 Å². The molecule has 2 aromatic heterocycles. The fourth-order valence-corrected chi connectivity index (χ4v) is 0.971. The van der Waals surface area contributed by atoms with Crippen LogP contribution in [0.4, 0.5) is 11.5 Å². The molecule has 0 saturated heterocycles. The molecule has 0 spiro atoms. The van der Waals surface area contributed by atoms with Crippen LogP contribution in [0.5, 0.6) is 0 Å². The summed E-state index contributed by atoms with van der Waals surface area (Å²) in [6, 6.07) is 3.46. The molecular weight excluding hydrogens is 182 g/mol. The van der Waals surface area contributed by atoms with Gasteiger partial charge in [0.25, 0.3) is 0 Å². The van der Waals surface area contributed by atoms with Crippen molar-refractivity contribution < 1.29 is 0 Å². The predicted molar refractivity (Wildman–Crippen MR) is 50.2 cm³/mol. The first kappa shape index (κ1) is 8.42. The molecule has 4 N–H and O–H groups in total. The summed E-state index contributed by atoms with van der Waals surface area (Å²) in [7, 11) is 0. The average Bonchev–Trinajstić information content (AvgIpc) is 2.67. The van der Waals surface area contributed by atoms with Gasteiger partial charge in [-0.15, -0.1) is 10.2 Å². The van der Waals surface area contributed by atoms with Gasteiger partial charge in [0.05, 0.1) is 6.54 Å². The van der Waals surface area contributed by atoms with Crippen LogP contribution in [0.2, 0.25) is 0 Å². The highest BCUT2D eigenvalue weighted by Crippen LogP contribution is 2.07. The Kier molecular flexibility index (Phi) is 2.22. The predicted octanol–water partition coefficient (Wildman–Crippen LogP) is -0.211. The van der Waals surface area contributed by atoms with Crippen LogP contribution in [0.15, 0.2) is 18.3 Å². The van der Waals surface area contributed by atoms with Crippen molar-refractivity contribution >= 4 is 11.5 Å². The van der Waals surface area contributed by atoms with Crippen LogP contribution < -0.4 is 11.1 Å². The highest BCUT2D eigenvalue weighted by atomic mass is 15.5. The average molecular weight is 191 g/mol. The zero-order chi connectivity index (χ0) is 9.80. The Bertz CT molecular complexity index is 396. The summed E-state index contributed by atoms with van der Waals surface area (Å²) >= 11 is 0. The second-order valence-corrected chi connectivity index (χ2v) is 2.66. The number of H-pyrrole nitrogens is 1. The van der Waals surface area contributed by atoms with Gasteiger partial charge in [0.1, 0.15) is 5.82 Å². The number of nitrogens with one attached hydrogen (secondary N) is 2. The van der Waals surface area contributed by atoms with Crippen molar-refractivity contribution in [2.45, 2.75) is 6.54 Å². The number of aromatic nitrogens is 5. The van der Waals surface area contributed by atoms with Crippen LogP contribution in [-0.2, 0) is 6.54 Å². The number of nitrogen functional groups attached to an aromatic ring is 1. The number of anilines is 2. The number of aromatic amines is 1. The normalized spacial score (nSPS) is 10.0. The lowest BCUT2D eigenvalue weighted by molar-refractivity contribution is 0.881. The topological polar surface area (TPSA) is 105 Å². The van der Waals surface area contributed by atoms with E-state index in [4.69, 9.17) is 5.73 Å². The zero-order valence-corrected chi connectivity index (χ0v) is 7.31. The zero-order valence-electron chi connectivity index (χ0n) is 7.31. The first-order valence-corrected chi connectivity index (χ1v) is 4.02. The van der Waals surface area contributed by atoms with Gasteiger partial charge >= 0.3 is 0 Å². The first-order valence-electron chi connectivity index (χ1n) is 4.02. The van der Waals surface area contributed by atoms with Gasteiger partial charge in [0, 0.05) is 18.0 Å². The van der Waals surface area contributed by atoms with E-state index in [2.05, 4.69) is 30.9 Å². The Morgan fingerprint density at radius 3 is 3.14 bits per heavy atom. The molecule has 2 aromatic rings. The maximum atomic E-state index is 5.58. The highest BCUT2D eigenvalue weighted by Gasteiger charge is 1.98. The Balaban J connectivity index is 1.98. The minimum Gasteiger partial charge on any atom is -0.399 e. The molecule has 0 aliphatic heterocycles. The molecule has 0 radical (unpaired) electrons. The standard InChI is InChI=1S/C7H9N7/c8-5-1-2-9-6(3-5)10-4-7-11-13-14-12-7/h1-3H,4H2,(H3,8,9,10)(H,11,12,13,14). The molecule has 0 saturated carbocycles. The summed E-state index contributed by atoms with van der Waals surface area (Å²) in [5.41, 5.74) is 6.24. The smallest absolute Gasteiger partial charge is 0.193 e. The number of nitrogens with two attached hydrogens (primary N) is 1. The number of hydrogen-bond acceptors (Lipinski definition) is 6. The molecule has 0 atom stereocenters. The fraction of sp³-hybridized carbons (Fsp3) is 0.143. The number of rotatable bonds is 3. The third-order valence-corrected chi connectivity index (χ3v) is 1.60. The quantitative estimate of drug-likeness (QED) is 0.619. The van der Waals surface area contributed by atoms with Crippen LogP contribution in [-0.4, -0.2) is 25.6 Å². The summed E-state index contributed by atoms with van der Waals surface area (Å²) in [6.45, 7) is 0.465. The molecule has 2 rings (SSSR count). The minimum atomic E-state index is 0.465. The van der Waals surface area contributed by atoms with Gasteiger partial charge in [-0.25, -0.2) is 4.98 Å². The molecule has 0 aromatic carbocycles. The molecule has 0 unspecified atom stereocenters. The molecule has 0 aliphatic carbocycles. The summed E-state index contributed by atoms with van der Waals surface area (Å²) in [4.78, 5) is 4.06. The lowest BCUT2D eigenvalue weighted by atomic mass is 10.4. The molecular formula is C7H9N7. The maximum absolute atomic E-state index is 5.58. The van der Waals surface area contributed by atoms with Crippen LogP contribution in [0, 0.1) is 0 Å². The second-order valence-electron chi connectivity index (χ2n) is 2.66. The van der Waals surface area contributed by atoms with E-state index >= 15 is 0 Å². The number of pyridine rings is 1. The van der Waals surface area contributed by atoms with E-state index in [1.165, 1.54) is 0 Å². The van der Waals surface area contributed by atoms with E-state index in [9.17, 15) is 0 Å². The van der Waals surface area contributed by atoms with Crippen LogP contribution >= 0.6 is 0 Å². The monoisotopic (exact) mass is 191 g/mol. The maximum Gasteiger partial charge on any atom is 0.193 e. The van der Waals surface area contributed by atoms with Crippen LogP contribution in [0.1, 0.15) is 5.82 Å². The van der Waals surface area contributed by atoms with Gasteiger partial charge in [0.15, 0.2) is 5.82 Å². The van der Waals surface area contributed by atoms with Crippen molar-refractivity contribution in [3.63, 3.8) is 0 Å². The van der Waals surface area contributed by atoms with Crippen molar-refractivity contribution in [3.8, 4) is 0 Å². The third kappa shape index (κ3) is 1.94. The summed E-state index contributed by atoms with van der Waals surface area (Å²) in [5.74, 6) is 1.27. The highest BCUT2D eigenvalue weighted by molar-refractivity contribution is 5.48. The number of nitrogens with zero attached hydrogens (tertiary/aromatic N) is 4. The van der Waals surface area contributed by atoms with Crippen molar-refractivity contribution in [1.82, 2.24) is 25.6 Å². The Morgan fingerprint density at radius 1 is 1.50 bits per heavy atom. The van der Waals surface area contributed by atoms with Gasteiger partial charge in [0.2, 0.25) is 0 Å². The van der Waals surface area contributed by atoms with E-state index in [0.29, 0.717) is 23.9 Å². The Hall–Kier alpha value is -2.18. The Morgan fingerprint density at radius 2 is 2.43 bits per heavy atom. The van der Waals surface area contributed by atoms with Gasteiger partial charge in [-0.2, -0.15) is 5.21 Å². The molecule has 7 heteroatoms. The van der Waals surface area contributed by atoms with Crippen molar-refractivity contribution in [2.75, 3.05) is 11.1 Å². The molecule has 72 valence electrons. The molecule has 2 heterocycles. The Labute approximate surface area is 79.7 Å². The van der Waals surface area contributed by atoms with E-state index in [1.807, 2.05) is 0 Å². The molecule has 0 fully saturated rings. The first-order chi connectivity index (χ1) is 6.84.